The highest BCUT2D eigenvalue weighted by atomic mass is 79.9. The Labute approximate surface area is 108 Å². The van der Waals surface area contributed by atoms with Crippen molar-refractivity contribution in [2.24, 2.45) is 0 Å². The van der Waals surface area contributed by atoms with Gasteiger partial charge in [0.1, 0.15) is 5.82 Å². The molecular formula is C11H5BrF3N3. The van der Waals surface area contributed by atoms with Crippen LogP contribution < -0.4 is 0 Å². The van der Waals surface area contributed by atoms with Crippen molar-refractivity contribution < 1.29 is 13.2 Å². The number of nitriles is 1. The highest BCUT2D eigenvalue weighted by molar-refractivity contribution is 9.10. The number of halogens is 4. The van der Waals surface area contributed by atoms with E-state index in [1.807, 2.05) is 6.07 Å². The summed E-state index contributed by atoms with van der Waals surface area (Å²) in [5, 5.41) is 8.69. The summed E-state index contributed by atoms with van der Waals surface area (Å²) >= 11 is 3.19. The smallest absolute Gasteiger partial charge is 0.344 e. The highest BCUT2D eigenvalue weighted by Gasteiger charge is 2.33. The van der Waals surface area contributed by atoms with Crippen LogP contribution in [0.25, 0.3) is 11.4 Å². The maximum absolute atomic E-state index is 12.4. The third-order valence-corrected chi connectivity index (χ3v) is 2.88. The van der Waals surface area contributed by atoms with Gasteiger partial charge in [0.25, 0.3) is 0 Å². The molecule has 1 aromatic heterocycles. The fourth-order valence-electron chi connectivity index (χ4n) is 1.38. The number of aromatic nitrogens is 2. The summed E-state index contributed by atoms with van der Waals surface area (Å²) < 4.78 is 37.7. The molecule has 0 aliphatic carbocycles. The van der Waals surface area contributed by atoms with Gasteiger partial charge in [-0.15, -0.1) is 0 Å². The van der Waals surface area contributed by atoms with Crippen molar-refractivity contribution in [1.29, 1.82) is 5.26 Å². The molecule has 0 spiro atoms. The Hall–Kier alpha value is -1.81. The lowest BCUT2D eigenvalue weighted by Gasteiger charge is -2.02. The SMILES string of the molecule is N#Cc1ccc(-c2nc(C(F)(F)F)c[nH]2)c(Br)c1. The lowest BCUT2D eigenvalue weighted by Crippen LogP contribution is -2.04. The molecule has 2 rings (SSSR count). The molecule has 1 N–H and O–H groups in total. The van der Waals surface area contributed by atoms with Crippen molar-refractivity contribution in [1.82, 2.24) is 9.97 Å². The van der Waals surface area contributed by atoms with Crippen LogP contribution in [0.1, 0.15) is 11.3 Å². The van der Waals surface area contributed by atoms with Gasteiger partial charge < -0.3 is 4.98 Å². The molecule has 7 heteroatoms. The zero-order valence-corrected chi connectivity index (χ0v) is 10.3. The fourth-order valence-corrected chi connectivity index (χ4v) is 1.95. The second-order valence-electron chi connectivity index (χ2n) is 3.44. The number of nitrogens with one attached hydrogen (secondary N) is 1. The van der Waals surface area contributed by atoms with Crippen molar-refractivity contribution in [2.75, 3.05) is 0 Å². The average Bonchev–Trinajstić information content (AvgIpc) is 2.77. The van der Waals surface area contributed by atoms with Gasteiger partial charge in [-0.05, 0) is 34.1 Å². The van der Waals surface area contributed by atoms with Crippen molar-refractivity contribution >= 4 is 15.9 Å². The second kappa shape index (κ2) is 4.46. The minimum absolute atomic E-state index is 0.0960. The van der Waals surface area contributed by atoms with Gasteiger partial charge in [-0.1, -0.05) is 0 Å². The zero-order valence-electron chi connectivity index (χ0n) is 8.72. The van der Waals surface area contributed by atoms with E-state index in [4.69, 9.17) is 5.26 Å². The molecule has 0 aliphatic heterocycles. The fraction of sp³-hybridized carbons (Fsp3) is 0.0909. The van der Waals surface area contributed by atoms with Crippen LogP contribution in [0, 0.1) is 11.3 Å². The van der Waals surface area contributed by atoms with Crippen LogP contribution >= 0.6 is 15.9 Å². The van der Waals surface area contributed by atoms with E-state index in [1.54, 1.807) is 0 Å². The van der Waals surface area contributed by atoms with E-state index in [1.165, 1.54) is 18.2 Å². The van der Waals surface area contributed by atoms with E-state index in [2.05, 4.69) is 25.9 Å². The predicted octanol–water partition coefficient (Wildman–Crippen LogP) is 3.73. The van der Waals surface area contributed by atoms with Crippen molar-refractivity contribution in [3.05, 3.63) is 40.1 Å². The Morgan fingerprint density at radius 2 is 2.06 bits per heavy atom. The molecule has 0 radical (unpaired) electrons. The van der Waals surface area contributed by atoms with Crippen LogP contribution in [-0.2, 0) is 6.18 Å². The normalized spacial score (nSPS) is 11.3. The molecule has 0 atom stereocenters. The number of hydrogen-bond acceptors (Lipinski definition) is 2. The standard InChI is InChI=1S/C11H5BrF3N3/c12-8-3-6(4-16)1-2-7(8)10-17-5-9(18-10)11(13,14)15/h1-3,5H,(H,17,18). The van der Waals surface area contributed by atoms with E-state index >= 15 is 0 Å². The van der Waals surface area contributed by atoms with Crippen LogP contribution in [0.15, 0.2) is 28.9 Å². The number of rotatable bonds is 1. The minimum Gasteiger partial charge on any atom is -0.344 e. The topological polar surface area (TPSA) is 52.5 Å². The number of nitrogens with zero attached hydrogens (tertiary/aromatic N) is 2. The van der Waals surface area contributed by atoms with Crippen LogP contribution in [0.5, 0.6) is 0 Å². The van der Waals surface area contributed by atoms with Gasteiger partial charge >= 0.3 is 6.18 Å². The van der Waals surface area contributed by atoms with Gasteiger partial charge in [0.05, 0.1) is 11.6 Å². The Morgan fingerprint density at radius 1 is 1.33 bits per heavy atom. The van der Waals surface area contributed by atoms with Crippen molar-refractivity contribution in [3.8, 4) is 17.5 Å². The third kappa shape index (κ3) is 2.38. The molecule has 0 saturated carbocycles. The second-order valence-corrected chi connectivity index (χ2v) is 4.29. The number of aromatic amines is 1. The first kappa shape index (κ1) is 12.6. The number of H-pyrrole nitrogens is 1. The molecule has 92 valence electrons. The predicted molar refractivity (Wildman–Crippen MR) is 61.4 cm³/mol. The molecule has 0 bridgehead atoms. The zero-order chi connectivity index (χ0) is 13.3. The summed E-state index contributed by atoms with van der Waals surface area (Å²) in [5.74, 6) is 0.0960. The van der Waals surface area contributed by atoms with Gasteiger partial charge in [-0.2, -0.15) is 18.4 Å². The Balaban J connectivity index is 2.44. The van der Waals surface area contributed by atoms with Crippen molar-refractivity contribution in [2.45, 2.75) is 6.18 Å². The molecule has 0 saturated heterocycles. The molecule has 2 aromatic rings. The van der Waals surface area contributed by atoms with Gasteiger partial charge in [-0.25, -0.2) is 4.98 Å². The summed E-state index contributed by atoms with van der Waals surface area (Å²) in [4.78, 5) is 5.94. The average molecular weight is 316 g/mol. The summed E-state index contributed by atoms with van der Waals surface area (Å²) in [6, 6.07) is 6.49. The summed E-state index contributed by atoms with van der Waals surface area (Å²) in [5.41, 5.74) is -0.105. The van der Waals surface area contributed by atoms with E-state index < -0.39 is 11.9 Å². The number of imidazole rings is 1. The Kier molecular flexibility index (Phi) is 3.13. The Morgan fingerprint density at radius 3 is 2.56 bits per heavy atom. The van der Waals surface area contributed by atoms with E-state index in [0.29, 0.717) is 15.6 Å². The van der Waals surface area contributed by atoms with Crippen LogP contribution in [0.3, 0.4) is 0 Å². The maximum Gasteiger partial charge on any atom is 0.434 e. The summed E-state index contributed by atoms with van der Waals surface area (Å²) in [7, 11) is 0. The molecule has 0 amide bonds. The molecule has 3 nitrogen and oxygen atoms in total. The number of alkyl halides is 3. The molecule has 0 unspecified atom stereocenters. The molecule has 1 aromatic carbocycles. The largest absolute Gasteiger partial charge is 0.434 e. The molecule has 0 aliphatic rings. The molecule has 18 heavy (non-hydrogen) atoms. The van der Waals surface area contributed by atoms with Gasteiger partial charge in [0.2, 0.25) is 0 Å². The van der Waals surface area contributed by atoms with Gasteiger partial charge in [-0.3, -0.25) is 0 Å². The van der Waals surface area contributed by atoms with Crippen molar-refractivity contribution in [3.63, 3.8) is 0 Å². The summed E-state index contributed by atoms with van der Waals surface area (Å²) in [6.45, 7) is 0. The minimum atomic E-state index is -4.48. The lowest BCUT2D eigenvalue weighted by molar-refractivity contribution is -0.140. The van der Waals surface area contributed by atoms with E-state index in [0.717, 1.165) is 6.20 Å². The van der Waals surface area contributed by atoms with Gasteiger partial charge in [0.15, 0.2) is 5.69 Å². The van der Waals surface area contributed by atoms with E-state index in [-0.39, 0.29) is 5.82 Å². The Bertz CT molecular complexity index is 625. The van der Waals surface area contributed by atoms with Gasteiger partial charge in [0, 0.05) is 16.2 Å². The van der Waals surface area contributed by atoms with Crippen LogP contribution in [0.4, 0.5) is 13.2 Å². The summed E-state index contributed by atoms with van der Waals surface area (Å²) in [6.07, 6.45) is -3.67. The quantitative estimate of drug-likeness (QED) is 0.871. The lowest BCUT2D eigenvalue weighted by atomic mass is 10.1. The molecule has 0 fully saturated rings. The van der Waals surface area contributed by atoms with E-state index in [9.17, 15) is 13.2 Å². The molecule has 1 heterocycles. The third-order valence-electron chi connectivity index (χ3n) is 2.22. The first-order valence-electron chi connectivity index (χ1n) is 4.74. The monoisotopic (exact) mass is 315 g/mol. The maximum atomic E-state index is 12.4. The first-order valence-corrected chi connectivity index (χ1v) is 5.54. The first-order chi connectivity index (χ1) is 8.41. The number of hydrogen-bond donors (Lipinski definition) is 1. The van der Waals surface area contributed by atoms with Crippen LogP contribution in [0.2, 0.25) is 0 Å². The molecular weight excluding hydrogens is 311 g/mol. The number of benzene rings is 1. The van der Waals surface area contributed by atoms with Crippen LogP contribution in [-0.4, -0.2) is 9.97 Å². The highest BCUT2D eigenvalue weighted by Crippen LogP contribution is 2.31.